The molecule has 0 saturated carbocycles. The van der Waals surface area contributed by atoms with Crippen molar-refractivity contribution in [1.82, 2.24) is 16.0 Å². The lowest BCUT2D eigenvalue weighted by Crippen LogP contribution is -2.57. The second-order valence-corrected chi connectivity index (χ2v) is 9.91. The second-order valence-electron chi connectivity index (χ2n) is 8.12. The minimum absolute atomic E-state index is 0.242. The molecular formula is C24H29N3O5S. The summed E-state index contributed by atoms with van der Waals surface area (Å²) in [6.07, 6.45) is 0. The predicted molar refractivity (Wildman–Crippen MR) is 127 cm³/mol. The van der Waals surface area contributed by atoms with Crippen LogP contribution >= 0.6 is 11.8 Å². The Balaban J connectivity index is 1.70. The van der Waals surface area contributed by atoms with Crippen molar-refractivity contribution < 1.29 is 23.9 Å². The fourth-order valence-electron chi connectivity index (χ4n) is 3.48. The van der Waals surface area contributed by atoms with Crippen LogP contribution in [0.15, 0.2) is 60.7 Å². The quantitative estimate of drug-likeness (QED) is 0.479. The largest absolute Gasteiger partial charge is 0.484 e. The van der Waals surface area contributed by atoms with E-state index in [1.807, 2.05) is 50.2 Å². The molecule has 8 nitrogen and oxygen atoms in total. The van der Waals surface area contributed by atoms with Crippen LogP contribution in [0.25, 0.3) is 0 Å². The SMILES string of the molecule is COC(=O)C1NC(C(NC(=O)COc2ccccc2)C(=O)NCc2ccccc2)SC1(C)C. The lowest BCUT2D eigenvalue weighted by Gasteiger charge is -2.25. The van der Waals surface area contributed by atoms with E-state index in [2.05, 4.69) is 16.0 Å². The number of methoxy groups -OCH3 is 1. The second kappa shape index (κ2) is 11.2. The molecule has 9 heteroatoms. The zero-order valence-corrected chi connectivity index (χ0v) is 19.7. The fourth-order valence-corrected chi connectivity index (χ4v) is 4.97. The Morgan fingerprint density at radius 3 is 2.33 bits per heavy atom. The van der Waals surface area contributed by atoms with Gasteiger partial charge in [0.1, 0.15) is 17.8 Å². The molecule has 1 heterocycles. The Kier molecular flexibility index (Phi) is 8.35. The van der Waals surface area contributed by atoms with E-state index in [1.165, 1.54) is 18.9 Å². The lowest BCUT2D eigenvalue weighted by atomic mass is 10.0. The molecule has 3 atom stereocenters. The van der Waals surface area contributed by atoms with Gasteiger partial charge in [-0.15, -0.1) is 11.8 Å². The highest BCUT2D eigenvalue weighted by atomic mass is 32.2. The molecule has 176 valence electrons. The van der Waals surface area contributed by atoms with Crippen molar-refractivity contribution >= 4 is 29.5 Å². The first-order valence-electron chi connectivity index (χ1n) is 10.6. The van der Waals surface area contributed by atoms with Crippen LogP contribution in [-0.4, -0.2) is 53.7 Å². The molecule has 0 aromatic heterocycles. The van der Waals surface area contributed by atoms with E-state index < -0.39 is 34.1 Å². The molecule has 0 aliphatic carbocycles. The maximum absolute atomic E-state index is 13.1. The number of benzene rings is 2. The highest BCUT2D eigenvalue weighted by Crippen LogP contribution is 2.39. The summed E-state index contributed by atoms with van der Waals surface area (Å²) in [6.45, 7) is 3.86. The third kappa shape index (κ3) is 6.72. The van der Waals surface area contributed by atoms with E-state index in [0.717, 1.165) is 5.56 Å². The Labute approximate surface area is 197 Å². The molecule has 2 amide bonds. The first-order valence-corrected chi connectivity index (χ1v) is 11.5. The van der Waals surface area contributed by atoms with Crippen molar-refractivity contribution in [2.45, 2.75) is 42.6 Å². The minimum atomic E-state index is -0.931. The van der Waals surface area contributed by atoms with Crippen LogP contribution in [-0.2, 0) is 25.7 Å². The summed E-state index contributed by atoms with van der Waals surface area (Å²) >= 11 is 1.41. The van der Waals surface area contributed by atoms with Crippen molar-refractivity contribution in [3.8, 4) is 5.75 Å². The molecule has 1 fully saturated rings. The monoisotopic (exact) mass is 471 g/mol. The molecule has 1 aliphatic heterocycles. The normalized spacial score (nSPS) is 19.8. The number of nitrogens with one attached hydrogen (secondary N) is 3. The Morgan fingerprint density at radius 1 is 1.06 bits per heavy atom. The third-order valence-electron chi connectivity index (χ3n) is 5.22. The minimum Gasteiger partial charge on any atom is -0.484 e. The summed E-state index contributed by atoms with van der Waals surface area (Å²) in [4.78, 5) is 38.0. The first-order chi connectivity index (χ1) is 15.8. The first kappa shape index (κ1) is 24.6. The van der Waals surface area contributed by atoms with Crippen molar-refractivity contribution in [1.29, 1.82) is 0 Å². The van der Waals surface area contributed by atoms with Crippen molar-refractivity contribution in [3.63, 3.8) is 0 Å². The van der Waals surface area contributed by atoms with Gasteiger partial charge in [0.05, 0.1) is 12.5 Å². The zero-order valence-electron chi connectivity index (χ0n) is 18.9. The highest BCUT2D eigenvalue weighted by Gasteiger charge is 2.49. The zero-order chi connectivity index (χ0) is 23.8. The number of thioether (sulfide) groups is 1. The number of hydrogen-bond donors (Lipinski definition) is 3. The number of amides is 2. The summed E-state index contributed by atoms with van der Waals surface area (Å²) < 4.78 is 9.88. The maximum atomic E-state index is 13.1. The van der Waals surface area contributed by atoms with Gasteiger partial charge in [0.2, 0.25) is 5.91 Å². The van der Waals surface area contributed by atoms with Crippen molar-refractivity contribution in [2.24, 2.45) is 0 Å². The topological polar surface area (TPSA) is 106 Å². The Morgan fingerprint density at radius 2 is 1.70 bits per heavy atom. The fraction of sp³-hybridized carbons (Fsp3) is 0.375. The molecule has 0 spiro atoms. The molecule has 2 aromatic carbocycles. The highest BCUT2D eigenvalue weighted by molar-refractivity contribution is 8.01. The van der Waals surface area contributed by atoms with E-state index >= 15 is 0 Å². The molecule has 0 bridgehead atoms. The number of carbonyl (C=O) groups is 3. The number of hydrogen-bond acceptors (Lipinski definition) is 7. The molecule has 0 radical (unpaired) electrons. The molecule has 2 aromatic rings. The molecule has 3 N–H and O–H groups in total. The van der Waals surface area contributed by atoms with E-state index in [9.17, 15) is 14.4 Å². The van der Waals surface area contributed by atoms with E-state index in [4.69, 9.17) is 9.47 Å². The molecular weight excluding hydrogens is 442 g/mol. The lowest BCUT2D eigenvalue weighted by molar-refractivity contribution is -0.143. The summed E-state index contributed by atoms with van der Waals surface area (Å²) in [5, 5.41) is 8.27. The van der Waals surface area contributed by atoms with Gasteiger partial charge in [0.25, 0.3) is 5.91 Å². The van der Waals surface area contributed by atoms with Gasteiger partial charge in [-0.1, -0.05) is 48.5 Å². The summed E-state index contributed by atoms with van der Waals surface area (Å²) in [7, 11) is 1.32. The van der Waals surface area contributed by atoms with E-state index in [1.54, 1.807) is 24.3 Å². The summed E-state index contributed by atoms with van der Waals surface area (Å²) in [5.41, 5.74) is 0.933. The standard InChI is InChI=1S/C24H29N3O5S/c1-24(2)20(23(30)31-3)27-22(33-24)19(21(29)25-14-16-10-6-4-7-11-16)26-18(28)15-32-17-12-8-5-9-13-17/h4-13,19-20,22,27H,14-15H2,1-3H3,(H,25,29)(H,26,28). The van der Waals surface area contributed by atoms with Gasteiger partial charge in [0.15, 0.2) is 6.61 Å². The van der Waals surface area contributed by atoms with Crippen LogP contribution in [0.1, 0.15) is 19.4 Å². The smallest absolute Gasteiger partial charge is 0.324 e. The van der Waals surface area contributed by atoms with Gasteiger partial charge in [0, 0.05) is 11.3 Å². The maximum Gasteiger partial charge on any atom is 0.324 e. The third-order valence-corrected chi connectivity index (χ3v) is 6.72. The van der Waals surface area contributed by atoms with Crippen LogP contribution in [0.5, 0.6) is 5.75 Å². The van der Waals surface area contributed by atoms with Crippen molar-refractivity contribution in [3.05, 3.63) is 66.2 Å². The summed E-state index contributed by atoms with van der Waals surface area (Å²) in [5.74, 6) is -0.672. The van der Waals surface area contributed by atoms with E-state index in [-0.39, 0.29) is 12.5 Å². The molecule has 33 heavy (non-hydrogen) atoms. The van der Waals surface area contributed by atoms with Gasteiger partial charge in [-0.3, -0.25) is 19.7 Å². The predicted octanol–water partition coefficient (Wildman–Crippen LogP) is 1.85. The Hall–Kier alpha value is -3.04. The van der Waals surface area contributed by atoms with Crippen LogP contribution in [0, 0.1) is 0 Å². The molecule has 1 aliphatic rings. The van der Waals surface area contributed by atoms with Gasteiger partial charge in [-0.05, 0) is 31.5 Å². The average Bonchev–Trinajstić information content (AvgIpc) is 3.15. The summed E-state index contributed by atoms with van der Waals surface area (Å²) in [6, 6.07) is 16.9. The van der Waals surface area contributed by atoms with Crippen LogP contribution in [0.4, 0.5) is 0 Å². The van der Waals surface area contributed by atoms with Crippen LogP contribution in [0.2, 0.25) is 0 Å². The Bertz CT molecular complexity index is 955. The van der Waals surface area contributed by atoms with Gasteiger partial charge in [-0.2, -0.15) is 0 Å². The number of carbonyl (C=O) groups excluding carboxylic acids is 3. The van der Waals surface area contributed by atoms with E-state index in [0.29, 0.717) is 12.3 Å². The van der Waals surface area contributed by atoms with Gasteiger partial charge >= 0.3 is 5.97 Å². The van der Waals surface area contributed by atoms with Gasteiger partial charge < -0.3 is 20.1 Å². The van der Waals surface area contributed by atoms with Crippen molar-refractivity contribution in [2.75, 3.05) is 13.7 Å². The number of rotatable bonds is 9. The molecule has 3 unspecified atom stereocenters. The van der Waals surface area contributed by atoms with Crippen LogP contribution in [0.3, 0.4) is 0 Å². The average molecular weight is 472 g/mol. The number of ether oxygens (including phenoxy) is 2. The number of para-hydroxylation sites is 1. The number of esters is 1. The molecule has 3 rings (SSSR count). The molecule has 1 saturated heterocycles. The van der Waals surface area contributed by atoms with Crippen LogP contribution < -0.4 is 20.7 Å². The van der Waals surface area contributed by atoms with Gasteiger partial charge in [-0.25, -0.2) is 0 Å².